The van der Waals surface area contributed by atoms with Crippen molar-refractivity contribution >= 4 is 17.3 Å². The molecule has 0 aromatic heterocycles. The summed E-state index contributed by atoms with van der Waals surface area (Å²) in [5, 5.41) is 3.96. The van der Waals surface area contributed by atoms with E-state index in [9.17, 15) is 0 Å². The smallest absolute Gasteiger partial charge is 0.0769 e. The second-order valence-electron chi connectivity index (χ2n) is 4.03. The average molecular weight is 256 g/mol. The van der Waals surface area contributed by atoms with E-state index in [2.05, 4.69) is 36.2 Å². The highest BCUT2D eigenvalue weighted by molar-refractivity contribution is 6.30. The summed E-state index contributed by atoms with van der Waals surface area (Å²) in [6.07, 6.45) is 0. The van der Waals surface area contributed by atoms with Crippen LogP contribution in [0.2, 0.25) is 5.02 Å². The molecule has 0 amide bonds. The lowest BCUT2D eigenvalue weighted by Gasteiger charge is -2.01. The molecule has 0 atom stereocenters. The fourth-order valence-corrected chi connectivity index (χ4v) is 1.62. The van der Waals surface area contributed by atoms with Gasteiger partial charge in [0.05, 0.1) is 6.54 Å². The molecule has 2 aromatic carbocycles. The molecule has 0 bridgehead atoms. The van der Waals surface area contributed by atoms with Gasteiger partial charge in [0.25, 0.3) is 0 Å². The van der Waals surface area contributed by atoms with Crippen molar-refractivity contribution < 1.29 is 0 Å². The summed E-state index contributed by atoms with van der Waals surface area (Å²) in [5.74, 6) is 6.21. The van der Waals surface area contributed by atoms with Gasteiger partial charge >= 0.3 is 0 Å². The minimum absolute atomic E-state index is 0.621. The van der Waals surface area contributed by atoms with Crippen LogP contribution in [0.25, 0.3) is 0 Å². The van der Waals surface area contributed by atoms with Crippen LogP contribution in [0, 0.1) is 18.8 Å². The van der Waals surface area contributed by atoms with Gasteiger partial charge in [-0.25, -0.2) is 0 Å². The monoisotopic (exact) mass is 255 g/mol. The molecular weight excluding hydrogens is 242 g/mol. The van der Waals surface area contributed by atoms with E-state index < -0.39 is 0 Å². The lowest BCUT2D eigenvalue weighted by Crippen LogP contribution is -1.97. The lowest BCUT2D eigenvalue weighted by atomic mass is 10.1. The van der Waals surface area contributed by atoms with Gasteiger partial charge in [-0.2, -0.15) is 0 Å². The maximum absolute atomic E-state index is 5.81. The summed E-state index contributed by atoms with van der Waals surface area (Å²) in [4.78, 5) is 0. The number of hydrogen-bond donors (Lipinski definition) is 1. The largest absolute Gasteiger partial charge is 0.374 e. The normalized spacial score (nSPS) is 9.44. The molecule has 0 saturated heterocycles. The average Bonchev–Trinajstić information content (AvgIpc) is 2.39. The van der Waals surface area contributed by atoms with Gasteiger partial charge in [-0.05, 0) is 43.3 Å². The van der Waals surface area contributed by atoms with Crippen molar-refractivity contribution in [1.29, 1.82) is 0 Å². The Morgan fingerprint density at radius 2 is 1.67 bits per heavy atom. The molecule has 0 radical (unpaired) electrons. The highest BCUT2D eigenvalue weighted by Crippen LogP contribution is 2.12. The molecule has 0 unspecified atom stereocenters. The summed E-state index contributed by atoms with van der Waals surface area (Å²) in [6.45, 7) is 2.69. The van der Waals surface area contributed by atoms with Gasteiger partial charge in [0.2, 0.25) is 0 Å². The van der Waals surface area contributed by atoms with E-state index in [1.165, 1.54) is 5.56 Å². The molecule has 18 heavy (non-hydrogen) atoms. The standard InChI is InChI=1S/C16H14ClN/c1-13-4-6-14(7-5-13)3-2-12-18-16-10-8-15(17)9-11-16/h4-11,18H,12H2,1H3. The van der Waals surface area contributed by atoms with Crippen LogP contribution in [0.3, 0.4) is 0 Å². The first-order valence-electron chi connectivity index (χ1n) is 5.79. The molecule has 1 nitrogen and oxygen atoms in total. The van der Waals surface area contributed by atoms with Gasteiger partial charge in [0.1, 0.15) is 0 Å². The summed E-state index contributed by atoms with van der Waals surface area (Å²) in [6, 6.07) is 15.8. The van der Waals surface area contributed by atoms with Crippen molar-refractivity contribution in [3.8, 4) is 11.8 Å². The highest BCUT2D eigenvalue weighted by atomic mass is 35.5. The van der Waals surface area contributed by atoms with E-state index >= 15 is 0 Å². The van der Waals surface area contributed by atoms with Crippen LogP contribution in [0.15, 0.2) is 48.5 Å². The third-order valence-corrected chi connectivity index (χ3v) is 2.76. The molecule has 0 aliphatic carbocycles. The number of hydrogen-bond acceptors (Lipinski definition) is 1. The van der Waals surface area contributed by atoms with Gasteiger partial charge in [-0.3, -0.25) is 0 Å². The van der Waals surface area contributed by atoms with Crippen molar-refractivity contribution in [3.05, 3.63) is 64.7 Å². The Balaban J connectivity index is 1.89. The molecule has 1 N–H and O–H groups in total. The number of anilines is 1. The second kappa shape index (κ2) is 6.14. The molecule has 2 rings (SSSR count). The molecule has 2 heteroatoms. The Morgan fingerprint density at radius 1 is 1.00 bits per heavy atom. The van der Waals surface area contributed by atoms with Crippen molar-refractivity contribution in [2.75, 3.05) is 11.9 Å². The predicted molar refractivity (Wildman–Crippen MR) is 78.0 cm³/mol. The molecular formula is C16H14ClN. The zero-order valence-corrected chi connectivity index (χ0v) is 11.0. The molecule has 0 spiro atoms. The quantitative estimate of drug-likeness (QED) is 0.797. The molecule has 0 aliphatic rings. The molecule has 0 aliphatic heterocycles. The summed E-state index contributed by atoms with van der Waals surface area (Å²) in [5.41, 5.74) is 3.32. The van der Waals surface area contributed by atoms with E-state index in [4.69, 9.17) is 11.6 Å². The fraction of sp³-hybridized carbons (Fsp3) is 0.125. The van der Waals surface area contributed by atoms with Crippen LogP contribution in [0.5, 0.6) is 0 Å². The van der Waals surface area contributed by atoms with Crippen molar-refractivity contribution in [1.82, 2.24) is 0 Å². The third-order valence-electron chi connectivity index (χ3n) is 2.51. The Morgan fingerprint density at radius 3 is 2.33 bits per heavy atom. The zero-order chi connectivity index (χ0) is 12.8. The number of aryl methyl sites for hydroxylation is 1. The van der Waals surface area contributed by atoms with Crippen LogP contribution in [-0.2, 0) is 0 Å². The van der Waals surface area contributed by atoms with Gasteiger partial charge in [-0.15, -0.1) is 0 Å². The minimum Gasteiger partial charge on any atom is -0.374 e. The van der Waals surface area contributed by atoms with Crippen molar-refractivity contribution in [3.63, 3.8) is 0 Å². The van der Waals surface area contributed by atoms with E-state index in [0.29, 0.717) is 6.54 Å². The predicted octanol–water partition coefficient (Wildman–Crippen LogP) is 4.11. The van der Waals surface area contributed by atoms with E-state index in [1.54, 1.807) is 0 Å². The number of benzene rings is 2. The van der Waals surface area contributed by atoms with E-state index in [-0.39, 0.29) is 0 Å². The van der Waals surface area contributed by atoms with Crippen LogP contribution >= 0.6 is 11.6 Å². The van der Waals surface area contributed by atoms with E-state index in [1.807, 2.05) is 36.4 Å². The molecule has 2 aromatic rings. The van der Waals surface area contributed by atoms with Gasteiger partial charge < -0.3 is 5.32 Å². The molecule has 0 saturated carbocycles. The topological polar surface area (TPSA) is 12.0 Å². The van der Waals surface area contributed by atoms with E-state index in [0.717, 1.165) is 16.3 Å². The van der Waals surface area contributed by atoms with Crippen LogP contribution < -0.4 is 5.32 Å². The maximum Gasteiger partial charge on any atom is 0.0769 e. The molecule has 90 valence electrons. The number of nitrogens with one attached hydrogen (secondary N) is 1. The molecule has 0 heterocycles. The first-order valence-corrected chi connectivity index (χ1v) is 6.17. The zero-order valence-electron chi connectivity index (χ0n) is 10.2. The summed E-state index contributed by atoms with van der Waals surface area (Å²) in [7, 11) is 0. The first kappa shape index (κ1) is 12.5. The van der Waals surface area contributed by atoms with Crippen molar-refractivity contribution in [2.24, 2.45) is 0 Å². The SMILES string of the molecule is Cc1ccc(C#CCNc2ccc(Cl)cc2)cc1. The van der Waals surface area contributed by atoms with Crippen molar-refractivity contribution in [2.45, 2.75) is 6.92 Å². The summed E-state index contributed by atoms with van der Waals surface area (Å²) < 4.78 is 0. The van der Waals surface area contributed by atoms with Crippen LogP contribution in [0.1, 0.15) is 11.1 Å². The third kappa shape index (κ3) is 3.84. The minimum atomic E-state index is 0.621. The summed E-state index contributed by atoms with van der Waals surface area (Å²) >= 11 is 5.81. The lowest BCUT2D eigenvalue weighted by molar-refractivity contribution is 1.38. The van der Waals surface area contributed by atoms with Crippen LogP contribution in [-0.4, -0.2) is 6.54 Å². The van der Waals surface area contributed by atoms with Gasteiger partial charge in [0, 0.05) is 16.3 Å². The second-order valence-corrected chi connectivity index (χ2v) is 4.46. The van der Waals surface area contributed by atoms with Gasteiger partial charge in [-0.1, -0.05) is 41.1 Å². The Hall–Kier alpha value is -1.91. The Labute approximate surface area is 113 Å². The first-order chi connectivity index (χ1) is 8.74. The number of halogens is 1. The Bertz CT molecular complexity index is 559. The van der Waals surface area contributed by atoms with Gasteiger partial charge in [0.15, 0.2) is 0 Å². The highest BCUT2D eigenvalue weighted by Gasteiger charge is 1.89. The number of rotatable bonds is 2. The fourth-order valence-electron chi connectivity index (χ4n) is 1.50. The Kier molecular flexibility index (Phi) is 4.28. The molecule has 0 fully saturated rings. The van der Waals surface area contributed by atoms with Crippen LogP contribution in [0.4, 0.5) is 5.69 Å². The maximum atomic E-state index is 5.81.